The minimum Gasteiger partial charge on any atom is -0.324 e. The summed E-state index contributed by atoms with van der Waals surface area (Å²) in [4.78, 5) is 0. The molecule has 0 rings (SSSR count). The molecule has 35 heavy (non-hydrogen) atoms. The van der Waals surface area contributed by atoms with Gasteiger partial charge in [0.2, 0.25) is 0 Å². The van der Waals surface area contributed by atoms with Crippen LogP contribution in [0.2, 0.25) is 0 Å². The molecular formula is C34H72N+. The fourth-order valence-corrected chi connectivity index (χ4v) is 5.93. The summed E-state index contributed by atoms with van der Waals surface area (Å²) in [6.07, 6.45) is 37.8. The summed E-state index contributed by atoms with van der Waals surface area (Å²) in [7, 11) is 0. The highest BCUT2D eigenvalue weighted by Crippen LogP contribution is 2.20. The Morgan fingerprint density at radius 1 is 0.229 bits per heavy atom. The molecule has 1 heteroatoms. The smallest absolute Gasteiger partial charge is 0.0786 e. The van der Waals surface area contributed by atoms with Gasteiger partial charge in [0.1, 0.15) is 0 Å². The molecule has 0 aromatic carbocycles. The molecular weight excluding hydrogens is 422 g/mol. The minimum absolute atomic E-state index is 1.37. The SMILES string of the molecule is CCCCCCCCCCCCC[N+](CCCCCCC)(CCCCCCC)CCCCCCC. The second-order valence-electron chi connectivity index (χ2n) is 12.0. The van der Waals surface area contributed by atoms with E-state index in [0.29, 0.717) is 0 Å². The molecule has 212 valence electrons. The van der Waals surface area contributed by atoms with Gasteiger partial charge in [0.05, 0.1) is 26.2 Å². The predicted molar refractivity (Wildman–Crippen MR) is 162 cm³/mol. The number of hydrogen-bond acceptors (Lipinski definition) is 0. The van der Waals surface area contributed by atoms with Crippen LogP contribution >= 0.6 is 0 Å². The lowest BCUT2D eigenvalue weighted by molar-refractivity contribution is -0.929. The van der Waals surface area contributed by atoms with Crippen molar-refractivity contribution in [2.45, 2.75) is 195 Å². The van der Waals surface area contributed by atoms with Crippen molar-refractivity contribution < 1.29 is 4.48 Å². The Morgan fingerprint density at radius 3 is 0.600 bits per heavy atom. The maximum absolute atomic E-state index is 2.35. The van der Waals surface area contributed by atoms with E-state index in [-0.39, 0.29) is 0 Å². The third kappa shape index (κ3) is 24.1. The number of unbranched alkanes of at least 4 members (excludes halogenated alkanes) is 22. The molecule has 0 aromatic rings. The Balaban J connectivity index is 4.54. The van der Waals surface area contributed by atoms with Gasteiger partial charge >= 0.3 is 0 Å². The van der Waals surface area contributed by atoms with E-state index in [1.165, 1.54) is 198 Å². The van der Waals surface area contributed by atoms with E-state index in [1.54, 1.807) is 0 Å². The molecule has 0 atom stereocenters. The number of quaternary nitrogens is 1. The Labute approximate surface area is 225 Å². The highest BCUT2D eigenvalue weighted by molar-refractivity contribution is 4.55. The minimum atomic E-state index is 1.37. The molecule has 0 aromatic heterocycles. The van der Waals surface area contributed by atoms with Crippen molar-refractivity contribution in [3.8, 4) is 0 Å². The van der Waals surface area contributed by atoms with Crippen LogP contribution < -0.4 is 0 Å². The van der Waals surface area contributed by atoms with Crippen LogP contribution in [0.15, 0.2) is 0 Å². The molecule has 0 bridgehead atoms. The molecule has 0 unspecified atom stereocenters. The lowest BCUT2D eigenvalue weighted by Gasteiger charge is -2.40. The van der Waals surface area contributed by atoms with E-state index in [0.717, 1.165) is 0 Å². The third-order valence-electron chi connectivity index (χ3n) is 8.44. The maximum Gasteiger partial charge on any atom is 0.0786 e. The molecule has 0 radical (unpaired) electrons. The Hall–Kier alpha value is -0.0400. The summed E-state index contributed by atoms with van der Waals surface area (Å²) in [5, 5.41) is 0. The van der Waals surface area contributed by atoms with Crippen molar-refractivity contribution in [1.82, 2.24) is 0 Å². The van der Waals surface area contributed by atoms with Gasteiger partial charge in [0.25, 0.3) is 0 Å². The van der Waals surface area contributed by atoms with E-state index in [9.17, 15) is 0 Å². The lowest BCUT2D eigenvalue weighted by atomic mass is 10.0. The summed E-state index contributed by atoms with van der Waals surface area (Å²) in [6, 6.07) is 0. The molecule has 0 heterocycles. The molecule has 0 fully saturated rings. The van der Waals surface area contributed by atoms with Crippen molar-refractivity contribution in [3.63, 3.8) is 0 Å². The molecule has 0 saturated carbocycles. The predicted octanol–water partition coefficient (Wildman–Crippen LogP) is 12.0. The Kier molecular flexibility index (Phi) is 28.5. The monoisotopic (exact) mass is 495 g/mol. The largest absolute Gasteiger partial charge is 0.324 e. The van der Waals surface area contributed by atoms with Gasteiger partial charge in [-0.2, -0.15) is 0 Å². The van der Waals surface area contributed by atoms with Crippen molar-refractivity contribution >= 4 is 0 Å². The van der Waals surface area contributed by atoms with Crippen LogP contribution in [-0.2, 0) is 0 Å². The third-order valence-corrected chi connectivity index (χ3v) is 8.44. The quantitative estimate of drug-likeness (QED) is 0.0687. The maximum atomic E-state index is 2.35. The molecule has 0 aliphatic carbocycles. The average Bonchev–Trinajstić information content (AvgIpc) is 2.87. The number of nitrogens with zero attached hydrogens (tertiary/aromatic N) is 1. The van der Waals surface area contributed by atoms with Gasteiger partial charge in [0.15, 0.2) is 0 Å². The second kappa shape index (κ2) is 28.5. The highest BCUT2D eigenvalue weighted by Gasteiger charge is 2.25. The Morgan fingerprint density at radius 2 is 0.400 bits per heavy atom. The van der Waals surface area contributed by atoms with Crippen LogP contribution in [-0.4, -0.2) is 30.7 Å². The molecule has 0 spiro atoms. The zero-order valence-electron chi connectivity index (χ0n) is 25.7. The average molecular weight is 495 g/mol. The first-order valence-electron chi connectivity index (χ1n) is 17.1. The highest BCUT2D eigenvalue weighted by atomic mass is 15.3. The summed E-state index contributed by atoms with van der Waals surface area (Å²) in [5.74, 6) is 0. The topological polar surface area (TPSA) is 0 Å². The van der Waals surface area contributed by atoms with Crippen LogP contribution in [0.5, 0.6) is 0 Å². The molecule has 1 nitrogen and oxygen atoms in total. The summed E-state index contributed by atoms with van der Waals surface area (Å²) >= 11 is 0. The van der Waals surface area contributed by atoms with E-state index >= 15 is 0 Å². The first-order valence-corrected chi connectivity index (χ1v) is 17.1. The second-order valence-corrected chi connectivity index (χ2v) is 12.0. The fraction of sp³-hybridized carbons (Fsp3) is 1.00. The van der Waals surface area contributed by atoms with Crippen LogP contribution in [0.1, 0.15) is 195 Å². The van der Waals surface area contributed by atoms with Gasteiger partial charge in [-0.1, -0.05) is 143 Å². The first kappa shape index (κ1) is 35.0. The molecule has 0 N–H and O–H groups in total. The van der Waals surface area contributed by atoms with Crippen LogP contribution in [0, 0.1) is 0 Å². The zero-order chi connectivity index (χ0) is 25.7. The van der Waals surface area contributed by atoms with E-state index in [2.05, 4.69) is 27.7 Å². The molecule has 0 aliphatic rings. The van der Waals surface area contributed by atoms with Gasteiger partial charge in [-0.05, 0) is 51.4 Å². The van der Waals surface area contributed by atoms with Gasteiger partial charge < -0.3 is 4.48 Å². The van der Waals surface area contributed by atoms with Gasteiger partial charge in [-0.3, -0.25) is 0 Å². The molecule has 0 aliphatic heterocycles. The van der Waals surface area contributed by atoms with Crippen LogP contribution in [0.25, 0.3) is 0 Å². The summed E-state index contributed by atoms with van der Waals surface area (Å²) < 4.78 is 1.47. The van der Waals surface area contributed by atoms with Crippen LogP contribution in [0.3, 0.4) is 0 Å². The Bertz CT molecular complexity index is 341. The van der Waals surface area contributed by atoms with Crippen molar-refractivity contribution in [3.05, 3.63) is 0 Å². The van der Waals surface area contributed by atoms with Crippen molar-refractivity contribution in [1.29, 1.82) is 0 Å². The van der Waals surface area contributed by atoms with Crippen LogP contribution in [0.4, 0.5) is 0 Å². The summed E-state index contributed by atoms with van der Waals surface area (Å²) in [5.41, 5.74) is 0. The number of hydrogen-bond donors (Lipinski definition) is 0. The van der Waals surface area contributed by atoms with Gasteiger partial charge in [-0.15, -0.1) is 0 Å². The van der Waals surface area contributed by atoms with E-state index in [4.69, 9.17) is 0 Å². The van der Waals surface area contributed by atoms with E-state index < -0.39 is 0 Å². The molecule has 0 amide bonds. The zero-order valence-corrected chi connectivity index (χ0v) is 25.7. The van der Waals surface area contributed by atoms with Crippen molar-refractivity contribution in [2.24, 2.45) is 0 Å². The normalized spacial score (nSPS) is 12.0. The van der Waals surface area contributed by atoms with E-state index in [1.807, 2.05) is 0 Å². The van der Waals surface area contributed by atoms with Gasteiger partial charge in [-0.25, -0.2) is 0 Å². The fourth-order valence-electron chi connectivity index (χ4n) is 5.93. The lowest BCUT2D eigenvalue weighted by Crippen LogP contribution is -2.50. The molecule has 0 saturated heterocycles. The summed E-state index contributed by atoms with van der Waals surface area (Å²) in [6.45, 7) is 15.3. The standard InChI is InChI=1S/C34H72N/c1-5-9-13-17-18-19-20-21-22-26-30-34-35(31-27-23-14-10-6-2,32-28-24-15-11-7-3)33-29-25-16-12-8-4/h5-34H2,1-4H3/q+1. The number of rotatable bonds is 30. The first-order chi connectivity index (χ1) is 17.2. The van der Waals surface area contributed by atoms with Crippen molar-refractivity contribution in [2.75, 3.05) is 26.2 Å². The van der Waals surface area contributed by atoms with Gasteiger partial charge in [0, 0.05) is 0 Å².